The lowest BCUT2D eigenvalue weighted by atomic mass is 10.3. The van der Waals surface area contributed by atoms with Crippen LogP contribution in [-0.2, 0) is 4.79 Å². The van der Waals surface area contributed by atoms with Gasteiger partial charge in [0.05, 0.1) is 15.7 Å². The zero-order chi connectivity index (χ0) is 17.0. The largest absolute Gasteiger partial charge is 0.479 e. The number of nitrogens with one attached hydrogen (secondary N) is 1. The summed E-state index contributed by atoms with van der Waals surface area (Å²) in [5.74, 6) is -0.526. The van der Waals surface area contributed by atoms with Crippen LogP contribution in [0.25, 0.3) is 0 Å². The molecule has 0 aromatic heterocycles. The third-order valence-electron chi connectivity index (χ3n) is 2.77. The van der Waals surface area contributed by atoms with Crippen molar-refractivity contribution in [1.29, 1.82) is 0 Å². The Kier molecular flexibility index (Phi) is 5.81. The van der Waals surface area contributed by atoms with Crippen LogP contribution in [0.4, 0.5) is 5.69 Å². The van der Waals surface area contributed by atoms with Crippen molar-refractivity contribution in [2.75, 3.05) is 11.9 Å². The average molecular weight is 377 g/mol. The minimum absolute atomic E-state index is 0.000624. The van der Waals surface area contributed by atoms with E-state index in [0.717, 1.165) is 0 Å². The number of anilines is 1. The number of amides is 1. The molecule has 0 saturated heterocycles. The topological polar surface area (TPSA) is 99.0 Å². The third-order valence-corrected chi connectivity index (χ3v) is 4.61. The predicted octanol–water partition coefficient (Wildman–Crippen LogP) is 2.38. The van der Waals surface area contributed by atoms with E-state index < -0.39 is 20.5 Å². The first-order valence-corrected chi connectivity index (χ1v) is 8.73. The zero-order valence-corrected chi connectivity index (χ0v) is 14.0. The quantitative estimate of drug-likeness (QED) is 0.600. The first kappa shape index (κ1) is 17.9. The number of halogens is 2. The lowest BCUT2D eigenvalue weighted by Gasteiger charge is -2.12. The summed E-state index contributed by atoms with van der Waals surface area (Å²) in [4.78, 5) is 39.9. The number of carbonyl (C=O) groups is 1. The predicted molar refractivity (Wildman–Crippen MR) is 90.2 cm³/mol. The van der Waals surface area contributed by atoms with Crippen molar-refractivity contribution in [2.45, 2.75) is 0 Å². The molecule has 23 heavy (non-hydrogen) atoms. The second kappa shape index (κ2) is 7.45. The summed E-state index contributed by atoms with van der Waals surface area (Å²) in [6, 6.07) is 10.6. The number of ether oxygens (including phenoxy) is 1. The monoisotopic (exact) mass is 376 g/mol. The van der Waals surface area contributed by atoms with Crippen LogP contribution in [0.1, 0.15) is 0 Å². The van der Waals surface area contributed by atoms with Gasteiger partial charge in [-0.3, -0.25) is 4.79 Å². The lowest BCUT2D eigenvalue weighted by Crippen LogP contribution is -2.23. The van der Waals surface area contributed by atoms with E-state index in [-0.39, 0.29) is 16.1 Å². The Bertz CT molecular complexity index is 721. The molecule has 6 nitrogen and oxygen atoms in total. The molecule has 2 rings (SSSR count). The van der Waals surface area contributed by atoms with Crippen LogP contribution in [0.2, 0.25) is 10.0 Å². The van der Waals surface area contributed by atoms with E-state index in [1.807, 2.05) is 0 Å². The number of hydrogen-bond acceptors (Lipinski definition) is 5. The van der Waals surface area contributed by atoms with Gasteiger partial charge in [0.15, 0.2) is 12.4 Å². The second-order valence-electron chi connectivity index (χ2n) is 4.47. The second-order valence-corrected chi connectivity index (χ2v) is 6.88. The van der Waals surface area contributed by atoms with Gasteiger partial charge in [0.25, 0.3) is 5.91 Å². The molecule has 9 heteroatoms. The third kappa shape index (κ3) is 4.78. The molecule has 0 atom stereocenters. The van der Waals surface area contributed by atoms with Gasteiger partial charge in [-0.2, -0.15) is 14.7 Å². The van der Waals surface area contributed by atoms with E-state index in [0.29, 0.717) is 10.7 Å². The van der Waals surface area contributed by atoms with E-state index in [2.05, 4.69) is 5.32 Å². The highest BCUT2D eigenvalue weighted by molar-refractivity contribution is 7.67. The van der Waals surface area contributed by atoms with Crippen LogP contribution in [0, 0.1) is 0 Å². The average Bonchev–Trinajstić information content (AvgIpc) is 2.49. The summed E-state index contributed by atoms with van der Waals surface area (Å²) in [5, 5.41) is 2.85. The molecule has 0 fully saturated rings. The molecule has 2 aromatic rings. The van der Waals surface area contributed by atoms with Gasteiger partial charge in [0.1, 0.15) is 0 Å². The Balaban J connectivity index is 2.04. The minimum Gasteiger partial charge on any atom is -0.479 e. The molecule has 0 spiro atoms. The minimum atomic E-state index is -4.24. The van der Waals surface area contributed by atoms with Crippen LogP contribution >= 0.6 is 31.1 Å². The van der Waals surface area contributed by atoms with Crippen LogP contribution < -0.4 is 15.4 Å². The Labute approximate surface area is 142 Å². The summed E-state index contributed by atoms with van der Waals surface area (Å²) in [7, 11) is -4.24. The Hall–Kier alpha value is -1.40. The molecule has 0 saturated carbocycles. The van der Waals surface area contributed by atoms with E-state index >= 15 is 0 Å². The van der Waals surface area contributed by atoms with Crippen molar-refractivity contribution >= 4 is 48.0 Å². The maximum atomic E-state index is 11.9. The van der Waals surface area contributed by atoms with Crippen LogP contribution in [0.15, 0.2) is 42.5 Å². The van der Waals surface area contributed by atoms with Crippen molar-refractivity contribution in [1.82, 2.24) is 0 Å². The summed E-state index contributed by atoms with van der Waals surface area (Å²) < 4.78 is 5.23. The standard InChI is InChI=1S/C14H12Cl2NO5P/c15-9-4-3-5-10(14(9)16)17-13(18)8-22-11-6-1-2-7-12(11)23(19,20)21/h1-7,19-21H,8H2/p+1. The fourth-order valence-corrected chi connectivity index (χ4v) is 2.83. The number of para-hydroxylation sites is 1. The maximum absolute atomic E-state index is 11.9. The van der Waals surface area contributed by atoms with Crippen LogP contribution in [-0.4, -0.2) is 27.2 Å². The van der Waals surface area contributed by atoms with Crippen molar-refractivity contribution in [3.05, 3.63) is 52.5 Å². The highest BCUT2D eigenvalue weighted by atomic mass is 35.5. The molecule has 0 unspecified atom stereocenters. The summed E-state index contributed by atoms with van der Waals surface area (Å²) >= 11 is 11.8. The van der Waals surface area contributed by atoms with Crippen molar-refractivity contribution in [3.8, 4) is 5.75 Å². The molecular formula is C14H13Cl2NO5P+. The van der Waals surface area contributed by atoms with Gasteiger partial charge in [0.2, 0.25) is 5.30 Å². The molecule has 0 aliphatic rings. The Morgan fingerprint density at radius 2 is 1.78 bits per heavy atom. The van der Waals surface area contributed by atoms with Gasteiger partial charge in [-0.15, -0.1) is 0 Å². The lowest BCUT2D eigenvalue weighted by molar-refractivity contribution is -0.118. The molecule has 2 aromatic carbocycles. The molecule has 4 N–H and O–H groups in total. The molecule has 1 amide bonds. The van der Waals surface area contributed by atoms with Gasteiger partial charge in [-0.05, 0) is 24.3 Å². The van der Waals surface area contributed by atoms with Gasteiger partial charge in [0, 0.05) is 0 Å². The zero-order valence-electron chi connectivity index (χ0n) is 11.6. The molecule has 0 bridgehead atoms. The van der Waals surface area contributed by atoms with Crippen LogP contribution in [0.3, 0.4) is 0 Å². The van der Waals surface area contributed by atoms with Gasteiger partial charge >= 0.3 is 7.94 Å². The van der Waals surface area contributed by atoms with E-state index in [1.54, 1.807) is 24.3 Å². The van der Waals surface area contributed by atoms with Crippen molar-refractivity contribution < 1.29 is 24.2 Å². The molecule has 122 valence electrons. The molecular weight excluding hydrogens is 364 g/mol. The summed E-state index contributed by atoms with van der Waals surface area (Å²) in [5.41, 5.74) is 0.328. The van der Waals surface area contributed by atoms with Gasteiger partial charge in [-0.1, -0.05) is 41.4 Å². The SMILES string of the molecule is O=C(COc1ccccc1[P+](O)(O)O)Nc1cccc(Cl)c1Cl. The fraction of sp³-hybridized carbons (Fsp3) is 0.0714. The molecule has 0 aliphatic heterocycles. The van der Waals surface area contributed by atoms with Gasteiger partial charge < -0.3 is 10.1 Å². The van der Waals surface area contributed by atoms with E-state index in [1.165, 1.54) is 18.2 Å². The highest BCUT2D eigenvalue weighted by Gasteiger charge is 2.37. The number of hydrogen-bond donors (Lipinski definition) is 4. The maximum Gasteiger partial charge on any atom is 0.444 e. The Morgan fingerprint density at radius 1 is 1.09 bits per heavy atom. The van der Waals surface area contributed by atoms with Crippen molar-refractivity contribution in [3.63, 3.8) is 0 Å². The van der Waals surface area contributed by atoms with E-state index in [9.17, 15) is 19.5 Å². The molecule has 0 radical (unpaired) electrons. The van der Waals surface area contributed by atoms with Gasteiger partial charge in [-0.25, -0.2) is 0 Å². The van der Waals surface area contributed by atoms with Crippen molar-refractivity contribution in [2.24, 2.45) is 0 Å². The number of benzene rings is 2. The smallest absolute Gasteiger partial charge is 0.444 e. The molecule has 0 aliphatic carbocycles. The summed E-state index contributed by atoms with van der Waals surface area (Å²) in [6.07, 6.45) is 0. The van der Waals surface area contributed by atoms with Crippen LogP contribution in [0.5, 0.6) is 5.75 Å². The molecule has 0 heterocycles. The fourth-order valence-electron chi connectivity index (χ4n) is 1.76. The number of carbonyl (C=O) groups excluding carboxylic acids is 1. The van der Waals surface area contributed by atoms with E-state index in [4.69, 9.17) is 27.9 Å². The number of rotatable bonds is 5. The first-order chi connectivity index (χ1) is 10.8. The highest BCUT2D eigenvalue weighted by Crippen LogP contribution is 2.45. The Morgan fingerprint density at radius 3 is 2.48 bits per heavy atom. The normalized spacial score (nSPS) is 11.2. The summed E-state index contributed by atoms with van der Waals surface area (Å²) in [6.45, 7) is -0.417. The first-order valence-electron chi connectivity index (χ1n) is 6.32.